The molecule has 0 N–H and O–H groups in total. The molecule has 2 aliphatic rings. The SMILES string of the molecule is COc1cccc(Cc2nsc(N(CCC(=O)N3CCC4(CC3)OCCO4)C(C)C)n2)c1. The van der Waals surface area contributed by atoms with E-state index in [1.54, 1.807) is 7.11 Å². The molecule has 2 saturated heterocycles. The molecule has 3 heterocycles. The van der Waals surface area contributed by atoms with Crippen LogP contribution < -0.4 is 9.64 Å². The number of nitrogens with zero attached hydrogens (tertiary/aromatic N) is 4. The second kappa shape index (κ2) is 10.1. The fourth-order valence-electron chi connectivity index (χ4n) is 4.23. The average molecular weight is 461 g/mol. The Morgan fingerprint density at radius 3 is 2.72 bits per heavy atom. The molecule has 0 unspecified atom stereocenters. The molecule has 0 atom stereocenters. The average Bonchev–Trinajstić information content (AvgIpc) is 3.44. The van der Waals surface area contributed by atoms with E-state index in [9.17, 15) is 4.79 Å². The molecule has 2 aliphatic heterocycles. The summed E-state index contributed by atoms with van der Waals surface area (Å²) in [5.74, 6) is 1.33. The lowest BCUT2D eigenvalue weighted by Gasteiger charge is -2.38. The molecule has 1 spiro atoms. The van der Waals surface area contributed by atoms with Crippen LogP contribution in [0.15, 0.2) is 24.3 Å². The Balaban J connectivity index is 1.32. The minimum atomic E-state index is -0.452. The molecule has 0 radical (unpaired) electrons. The second-order valence-electron chi connectivity index (χ2n) is 8.55. The minimum Gasteiger partial charge on any atom is -0.497 e. The summed E-state index contributed by atoms with van der Waals surface area (Å²) in [6, 6.07) is 8.18. The van der Waals surface area contributed by atoms with Gasteiger partial charge in [0.05, 0.1) is 20.3 Å². The Morgan fingerprint density at radius 2 is 2.03 bits per heavy atom. The first kappa shape index (κ1) is 22.9. The van der Waals surface area contributed by atoms with Gasteiger partial charge < -0.3 is 24.0 Å². The van der Waals surface area contributed by atoms with Gasteiger partial charge in [0, 0.05) is 62.9 Å². The van der Waals surface area contributed by atoms with Crippen molar-refractivity contribution in [3.8, 4) is 5.75 Å². The zero-order chi connectivity index (χ0) is 22.6. The first-order chi connectivity index (χ1) is 15.5. The number of anilines is 1. The maximum Gasteiger partial charge on any atom is 0.224 e. The van der Waals surface area contributed by atoms with Gasteiger partial charge in [-0.3, -0.25) is 4.79 Å². The van der Waals surface area contributed by atoms with E-state index in [0.717, 1.165) is 35.1 Å². The number of ether oxygens (including phenoxy) is 3. The van der Waals surface area contributed by atoms with Crippen LogP contribution in [0.25, 0.3) is 0 Å². The summed E-state index contributed by atoms with van der Waals surface area (Å²) in [6.45, 7) is 7.53. The van der Waals surface area contributed by atoms with Gasteiger partial charge in [-0.05, 0) is 31.5 Å². The summed E-state index contributed by atoms with van der Waals surface area (Å²) >= 11 is 1.39. The number of rotatable bonds is 8. The van der Waals surface area contributed by atoms with Crippen molar-refractivity contribution in [1.82, 2.24) is 14.3 Å². The molecule has 1 amide bonds. The van der Waals surface area contributed by atoms with Crippen molar-refractivity contribution in [3.63, 3.8) is 0 Å². The molecular formula is C23H32N4O4S. The molecular weight excluding hydrogens is 428 g/mol. The molecule has 1 aromatic carbocycles. The Kier molecular flexibility index (Phi) is 7.27. The van der Waals surface area contributed by atoms with Crippen LogP contribution in [-0.4, -0.2) is 72.0 Å². The second-order valence-corrected chi connectivity index (χ2v) is 9.28. The smallest absolute Gasteiger partial charge is 0.224 e. The van der Waals surface area contributed by atoms with Crippen molar-refractivity contribution >= 4 is 22.6 Å². The Morgan fingerprint density at radius 1 is 1.28 bits per heavy atom. The van der Waals surface area contributed by atoms with Crippen molar-refractivity contribution in [1.29, 1.82) is 0 Å². The lowest BCUT2D eigenvalue weighted by Crippen LogP contribution is -2.48. The van der Waals surface area contributed by atoms with E-state index in [4.69, 9.17) is 19.2 Å². The van der Waals surface area contributed by atoms with Gasteiger partial charge in [0.25, 0.3) is 0 Å². The molecule has 9 heteroatoms. The summed E-state index contributed by atoms with van der Waals surface area (Å²) < 4.78 is 21.4. The number of benzene rings is 1. The maximum absolute atomic E-state index is 12.8. The molecule has 174 valence electrons. The summed E-state index contributed by atoms with van der Waals surface area (Å²) in [5, 5.41) is 0.857. The Labute approximate surface area is 193 Å². The molecule has 8 nitrogen and oxygen atoms in total. The van der Waals surface area contributed by atoms with Gasteiger partial charge in [-0.25, -0.2) is 4.98 Å². The fraction of sp³-hybridized carbons (Fsp3) is 0.609. The molecule has 0 saturated carbocycles. The van der Waals surface area contributed by atoms with E-state index in [0.29, 0.717) is 45.7 Å². The zero-order valence-electron chi connectivity index (χ0n) is 19.1. The van der Waals surface area contributed by atoms with Gasteiger partial charge in [0.1, 0.15) is 11.6 Å². The van der Waals surface area contributed by atoms with Gasteiger partial charge >= 0.3 is 0 Å². The number of carbonyl (C=O) groups is 1. The van der Waals surface area contributed by atoms with Crippen molar-refractivity contribution in [2.75, 3.05) is 44.9 Å². The van der Waals surface area contributed by atoms with Crippen LogP contribution in [0.4, 0.5) is 5.13 Å². The number of hydrogen-bond acceptors (Lipinski definition) is 8. The van der Waals surface area contributed by atoms with Crippen LogP contribution in [0.1, 0.15) is 44.5 Å². The summed E-state index contributed by atoms with van der Waals surface area (Å²) in [6.07, 6.45) is 2.60. The van der Waals surface area contributed by atoms with Crippen molar-refractivity contribution < 1.29 is 19.0 Å². The summed E-state index contributed by atoms with van der Waals surface area (Å²) in [5.41, 5.74) is 1.11. The van der Waals surface area contributed by atoms with E-state index in [2.05, 4.69) is 23.1 Å². The fourth-order valence-corrected chi connectivity index (χ4v) is 5.08. The van der Waals surface area contributed by atoms with Crippen LogP contribution in [0, 0.1) is 0 Å². The van der Waals surface area contributed by atoms with Crippen LogP contribution in [0.5, 0.6) is 5.75 Å². The highest BCUT2D eigenvalue weighted by Crippen LogP contribution is 2.31. The molecule has 2 aromatic rings. The van der Waals surface area contributed by atoms with Gasteiger partial charge in [-0.15, -0.1) is 0 Å². The van der Waals surface area contributed by atoms with Crippen molar-refractivity contribution in [2.45, 2.75) is 51.4 Å². The first-order valence-electron chi connectivity index (χ1n) is 11.3. The number of carbonyl (C=O) groups excluding carboxylic acids is 1. The van der Waals surface area contributed by atoms with Crippen LogP contribution >= 0.6 is 11.5 Å². The normalized spacial score (nSPS) is 17.8. The van der Waals surface area contributed by atoms with Gasteiger partial charge in [0.15, 0.2) is 5.79 Å². The standard InChI is InChI=1S/C23H32N4O4S/c1-17(2)27(10-7-21(28)26-11-8-23(9-12-26)30-13-14-31-23)22-24-20(25-32-22)16-18-5-4-6-19(15-18)29-3/h4-6,15,17H,7-14,16H2,1-3H3. The van der Waals surface area contributed by atoms with E-state index < -0.39 is 5.79 Å². The van der Waals surface area contributed by atoms with Crippen LogP contribution in [0.3, 0.4) is 0 Å². The lowest BCUT2D eigenvalue weighted by molar-refractivity contribution is -0.187. The Hall–Kier alpha value is -2.23. The third-order valence-corrected chi connectivity index (χ3v) is 6.87. The highest BCUT2D eigenvalue weighted by molar-refractivity contribution is 7.09. The topological polar surface area (TPSA) is 77.0 Å². The van der Waals surface area contributed by atoms with Gasteiger partial charge in [-0.1, -0.05) is 12.1 Å². The zero-order valence-corrected chi connectivity index (χ0v) is 19.9. The predicted octanol–water partition coefficient (Wildman–Crippen LogP) is 3.11. The molecule has 2 fully saturated rings. The number of hydrogen-bond donors (Lipinski definition) is 0. The quantitative estimate of drug-likeness (QED) is 0.599. The molecule has 4 rings (SSSR count). The summed E-state index contributed by atoms with van der Waals surface area (Å²) in [4.78, 5) is 21.7. The maximum atomic E-state index is 12.8. The van der Waals surface area contributed by atoms with Crippen molar-refractivity contribution in [3.05, 3.63) is 35.7 Å². The predicted molar refractivity (Wildman–Crippen MR) is 123 cm³/mol. The number of piperidine rings is 1. The van der Waals surface area contributed by atoms with E-state index in [-0.39, 0.29) is 11.9 Å². The van der Waals surface area contributed by atoms with E-state index >= 15 is 0 Å². The number of methoxy groups -OCH3 is 1. The Bertz CT molecular complexity index is 903. The molecule has 1 aromatic heterocycles. The van der Waals surface area contributed by atoms with Gasteiger partial charge in [-0.2, -0.15) is 4.37 Å². The van der Waals surface area contributed by atoms with Gasteiger partial charge in [0.2, 0.25) is 11.0 Å². The number of likely N-dealkylation sites (tertiary alicyclic amines) is 1. The monoisotopic (exact) mass is 460 g/mol. The lowest BCUT2D eigenvalue weighted by atomic mass is 10.0. The third-order valence-electron chi connectivity index (χ3n) is 6.08. The first-order valence-corrected chi connectivity index (χ1v) is 12.0. The summed E-state index contributed by atoms with van der Waals surface area (Å²) in [7, 11) is 1.67. The highest BCUT2D eigenvalue weighted by atomic mass is 32.1. The van der Waals surface area contributed by atoms with Crippen LogP contribution in [0.2, 0.25) is 0 Å². The van der Waals surface area contributed by atoms with Crippen molar-refractivity contribution in [2.24, 2.45) is 0 Å². The number of aromatic nitrogens is 2. The van der Waals surface area contributed by atoms with E-state index in [1.807, 2.05) is 29.2 Å². The molecule has 0 bridgehead atoms. The molecule has 32 heavy (non-hydrogen) atoms. The van der Waals surface area contributed by atoms with Crippen LogP contribution in [-0.2, 0) is 20.7 Å². The third kappa shape index (κ3) is 5.39. The highest BCUT2D eigenvalue weighted by Gasteiger charge is 2.40. The number of amides is 1. The minimum absolute atomic E-state index is 0.171. The van der Waals surface area contributed by atoms with E-state index in [1.165, 1.54) is 11.5 Å². The molecule has 0 aliphatic carbocycles. The largest absolute Gasteiger partial charge is 0.497 e.